The third kappa shape index (κ3) is 3.14. The van der Waals surface area contributed by atoms with Crippen molar-refractivity contribution in [1.29, 1.82) is 0 Å². The molecule has 0 aliphatic carbocycles. The van der Waals surface area contributed by atoms with Crippen LogP contribution < -0.4 is 10.6 Å². The van der Waals surface area contributed by atoms with Crippen LogP contribution >= 0.6 is 0 Å². The third-order valence-corrected chi connectivity index (χ3v) is 2.55. The normalized spacial score (nSPS) is 10.2. The number of aromatic nitrogens is 3. The monoisotopic (exact) mass is 229 g/mol. The van der Waals surface area contributed by atoms with Gasteiger partial charge < -0.3 is 10.6 Å². The van der Waals surface area contributed by atoms with Gasteiger partial charge in [-0.15, -0.1) is 0 Å². The molecule has 0 fully saturated rings. The minimum Gasteiger partial charge on any atom is -0.384 e. The highest BCUT2D eigenvalue weighted by atomic mass is 15.2. The lowest BCUT2D eigenvalue weighted by Gasteiger charge is -2.17. The van der Waals surface area contributed by atoms with Gasteiger partial charge in [0.2, 0.25) is 0 Å². The molecule has 0 unspecified atom stereocenters. The number of pyridine rings is 1. The molecule has 2 heterocycles. The van der Waals surface area contributed by atoms with Gasteiger partial charge in [0.1, 0.15) is 18.0 Å². The van der Waals surface area contributed by atoms with Crippen molar-refractivity contribution in [2.45, 2.75) is 6.42 Å². The number of nitrogen functional groups attached to an aromatic ring is 1. The highest BCUT2D eigenvalue weighted by Gasteiger charge is 2.03. The van der Waals surface area contributed by atoms with Crippen LogP contribution in [-0.2, 0) is 6.42 Å². The van der Waals surface area contributed by atoms with Gasteiger partial charge in [-0.05, 0) is 24.1 Å². The fraction of sp³-hybridized carbons (Fsp3) is 0.250. The Morgan fingerprint density at radius 1 is 1.24 bits per heavy atom. The van der Waals surface area contributed by atoms with Crippen LogP contribution in [0.5, 0.6) is 0 Å². The lowest BCUT2D eigenvalue weighted by Crippen LogP contribution is -2.21. The van der Waals surface area contributed by atoms with Gasteiger partial charge in [0.25, 0.3) is 0 Å². The molecule has 0 saturated heterocycles. The van der Waals surface area contributed by atoms with E-state index in [1.54, 1.807) is 18.5 Å². The number of nitrogens with zero attached hydrogens (tertiary/aromatic N) is 4. The molecule has 0 aromatic carbocycles. The first-order valence-electron chi connectivity index (χ1n) is 5.43. The number of hydrogen-bond acceptors (Lipinski definition) is 5. The number of likely N-dealkylation sites (N-methyl/N-ethyl adjacent to an activating group) is 1. The molecule has 0 aliphatic rings. The lowest BCUT2D eigenvalue weighted by molar-refractivity contribution is 0.855. The highest BCUT2D eigenvalue weighted by molar-refractivity contribution is 5.45. The zero-order chi connectivity index (χ0) is 12.1. The van der Waals surface area contributed by atoms with Crippen LogP contribution in [0, 0.1) is 0 Å². The largest absolute Gasteiger partial charge is 0.384 e. The molecule has 2 rings (SSSR count). The summed E-state index contributed by atoms with van der Waals surface area (Å²) in [5.74, 6) is 1.33. The van der Waals surface area contributed by atoms with E-state index < -0.39 is 0 Å². The van der Waals surface area contributed by atoms with E-state index in [1.807, 2.05) is 19.2 Å². The van der Waals surface area contributed by atoms with Crippen molar-refractivity contribution in [3.63, 3.8) is 0 Å². The van der Waals surface area contributed by atoms with Gasteiger partial charge >= 0.3 is 0 Å². The average Bonchev–Trinajstić information content (AvgIpc) is 2.37. The third-order valence-electron chi connectivity index (χ3n) is 2.55. The van der Waals surface area contributed by atoms with Crippen LogP contribution in [0.3, 0.4) is 0 Å². The summed E-state index contributed by atoms with van der Waals surface area (Å²) in [5.41, 5.74) is 6.88. The molecule has 2 aromatic heterocycles. The van der Waals surface area contributed by atoms with Crippen molar-refractivity contribution in [1.82, 2.24) is 15.0 Å². The second kappa shape index (κ2) is 5.25. The van der Waals surface area contributed by atoms with Crippen LogP contribution in [0.15, 0.2) is 36.9 Å². The van der Waals surface area contributed by atoms with Crippen molar-refractivity contribution in [3.8, 4) is 0 Å². The summed E-state index contributed by atoms with van der Waals surface area (Å²) in [7, 11) is 1.99. The Labute approximate surface area is 100 Å². The highest BCUT2D eigenvalue weighted by Crippen LogP contribution is 2.10. The van der Waals surface area contributed by atoms with Gasteiger partial charge in [0.05, 0.1) is 0 Å². The lowest BCUT2D eigenvalue weighted by atomic mass is 10.2. The van der Waals surface area contributed by atoms with Crippen LogP contribution in [0.4, 0.5) is 11.6 Å². The van der Waals surface area contributed by atoms with Gasteiger partial charge in [0.15, 0.2) is 0 Å². The zero-order valence-electron chi connectivity index (χ0n) is 9.74. The fourth-order valence-electron chi connectivity index (χ4n) is 1.53. The average molecular weight is 229 g/mol. The summed E-state index contributed by atoms with van der Waals surface area (Å²) in [6.45, 7) is 0.875. The van der Waals surface area contributed by atoms with Crippen LogP contribution in [0.25, 0.3) is 0 Å². The molecule has 0 aliphatic heterocycles. The molecule has 0 amide bonds. The van der Waals surface area contributed by atoms with Crippen molar-refractivity contribution in [3.05, 3.63) is 42.5 Å². The molecule has 2 N–H and O–H groups in total. The van der Waals surface area contributed by atoms with E-state index in [2.05, 4.69) is 19.9 Å². The van der Waals surface area contributed by atoms with E-state index >= 15 is 0 Å². The van der Waals surface area contributed by atoms with Crippen molar-refractivity contribution < 1.29 is 0 Å². The summed E-state index contributed by atoms with van der Waals surface area (Å²) < 4.78 is 0. The summed E-state index contributed by atoms with van der Waals surface area (Å²) in [5, 5.41) is 0. The Morgan fingerprint density at radius 3 is 2.71 bits per heavy atom. The Kier molecular flexibility index (Phi) is 3.49. The van der Waals surface area contributed by atoms with E-state index in [0.717, 1.165) is 18.8 Å². The molecule has 5 nitrogen and oxygen atoms in total. The minimum atomic E-state index is 0.491. The second-order valence-electron chi connectivity index (χ2n) is 3.83. The van der Waals surface area contributed by atoms with E-state index in [1.165, 1.54) is 11.9 Å². The van der Waals surface area contributed by atoms with Crippen molar-refractivity contribution >= 4 is 11.6 Å². The first-order chi connectivity index (χ1) is 8.25. The molecule has 2 aromatic rings. The van der Waals surface area contributed by atoms with E-state index in [0.29, 0.717) is 5.82 Å². The first-order valence-corrected chi connectivity index (χ1v) is 5.43. The number of hydrogen-bond donors (Lipinski definition) is 1. The number of nitrogens with two attached hydrogens (primary N) is 1. The smallest absolute Gasteiger partial charge is 0.133 e. The minimum absolute atomic E-state index is 0.491. The Bertz CT molecular complexity index is 471. The fourth-order valence-corrected chi connectivity index (χ4v) is 1.53. The van der Waals surface area contributed by atoms with Gasteiger partial charge in [-0.2, -0.15) is 0 Å². The van der Waals surface area contributed by atoms with Gasteiger partial charge in [0, 0.05) is 32.1 Å². The topological polar surface area (TPSA) is 67.9 Å². The molecule has 0 bridgehead atoms. The molecule has 5 heteroatoms. The Hall–Kier alpha value is -2.17. The van der Waals surface area contributed by atoms with Gasteiger partial charge in [-0.1, -0.05) is 0 Å². The van der Waals surface area contributed by atoms with Crippen molar-refractivity contribution in [2.24, 2.45) is 0 Å². The summed E-state index contributed by atoms with van der Waals surface area (Å²) in [6.07, 6.45) is 6.03. The number of anilines is 2. The van der Waals surface area contributed by atoms with Gasteiger partial charge in [-0.25, -0.2) is 9.97 Å². The summed E-state index contributed by atoms with van der Waals surface area (Å²) >= 11 is 0. The van der Waals surface area contributed by atoms with E-state index in [4.69, 9.17) is 5.73 Å². The van der Waals surface area contributed by atoms with Gasteiger partial charge in [-0.3, -0.25) is 4.98 Å². The van der Waals surface area contributed by atoms with Crippen LogP contribution in [0.2, 0.25) is 0 Å². The summed E-state index contributed by atoms with van der Waals surface area (Å²) in [4.78, 5) is 14.1. The van der Waals surface area contributed by atoms with E-state index in [9.17, 15) is 0 Å². The number of rotatable bonds is 4. The van der Waals surface area contributed by atoms with E-state index in [-0.39, 0.29) is 0 Å². The molecule has 0 radical (unpaired) electrons. The second-order valence-corrected chi connectivity index (χ2v) is 3.83. The molecule has 17 heavy (non-hydrogen) atoms. The predicted molar refractivity (Wildman–Crippen MR) is 67.7 cm³/mol. The van der Waals surface area contributed by atoms with Crippen molar-refractivity contribution in [2.75, 3.05) is 24.2 Å². The predicted octanol–water partition coefficient (Wildman–Crippen LogP) is 1.13. The Morgan fingerprint density at radius 2 is 2.00 bits per heavy atom. The standard InChI is InChI=1S/C12H15N5/c1-17(12-8-11(13)15-9-16-12)7-4-10-2-5-14-6-3-10/h2-3,5-6,8-9H,4,7H2,1H3,(H2,13,15,16). The maximum absolute atomic E-state index is 5.62. The SMILES string of the molecule is CN(CCc1ccncc1)c1cc(N)ncn1. The molecular formula is C12H15N5. The maximum atomic E-state index is 5.62. The molecule has 88 valence electrons. The van der Waals surface area contributed by atoms with Crippen LogP contribution in [0.1, 0.15) is 5.56 Å². The zero-order valence-corrected chi connectivity index (χ0v) is 9.74. The summed E-state index contributed by atoms with van der Waals surface area (Å²) in [6, 6.07) is 5.80. The maximum Gasteiger partial charge on any atom is 0.133 e. The first kappa shape index (κ1) is 11.3. The molecule has 0 atom stereocenters. The Balaban J connectivity index is 1.96. The quantitative estimate of drug-likeness (QED) is 0.851. The molecular weight excluding hydrogens is 214 g/mol. The molecule has 0 spiro atoms. The molecule has 0 saturated carbocycles. The van der Waals surface area contributed by atoms with Crippen LogP contribution in [-0.4, -0.2) is 28.5 Å².